The van der Waals surface area contributed by atoms with Gasteiger partial charge in [0.25, 0.3) is 0 Å². The first kappa shape index (κ1) is 14.0. The van der Waals surface area contributed by atoms with Gasteiger partial charge < -0.3 is 14.2 Å². The summed E-state index contributed by atoms with van der Waals surface area (Å²) in [7, 11) is 4.73. The lowest BCUT2D eigenvalue weighted by molar-refractivity contribution is 0.324. The average Bonchev–Trinajstić information content (AvgIpc) is 2.59. The molecule has 2 aromatic rings. The van der Waals surface area contributed by atoms with Gasteiger partial charge in [-0.15, -0.1) is 0 Å². The molecule has 22 heavy (non-hydrogen) atoms. The van der Waals surface area contributed by atoms with E-state index in [2.05, 4.69) is 20.8 Å². The van der Waals surface area contributed by atoms with Crippen LogP contribution in [0.2, 0.25) is 0 Å². The molecule has 0 radical (unpaired) electrons. The fraction of sp³-hybridized carbons (Fsp3) is 0.200. The zero-order valence-electron chi connectivity index (χ0n) is 12.5. The summed E-state index contributed by atoms with van der Waals surface area (Å²) in [4.78, 5) is 8.74. The topological polar surface area (TPSA) is 77.0 Å². The molecule has 2 N–H and O–H groups in total. The summed E-state index contributed by atoms with van der Waals surface area (Å²) in [5.41, 5.74) is 7.58. The quantitative estimate of drug-likeness (QED) is 0.900. The number of hydrogen-bond acceptors (Lipinski definition) is 7. The van der Waals surface area contributed by atoms with E-state index in [9.17, 15) is 0 Å². The molecule has 2 heterocycles. The van der Waals surface area contributed by atoms with E-state index in [1.54, 1.807) is 27.5 Å². The van der Waals surface area contributed by atoms with E-state index in [0.29, 0.717) is 28.9 Å². The summed E-state index contributed by atoms with van der Waals surface area (Å²) in [6, 6.07) is 7.38. The van der Waals surface area contributed by atoms with Crippen molar-refractivity contribution >= 4 is 17.3 Å². The van der Waals surface area contributed by atoms with Crippen molar-refractivity contribution in [2.75, 3.05) is 26.8 Å². The third kappa shape index (κ3) is 2.37. The van der Waals surface area contributed by atoms with E-state index < -0.39 is 0 Å². The van der Waals surface area contributed by atoms with Crippen molar-refractivity contribution < 1.29 is 14.2 Å². The highest BCUT2D eigenvalue weighted by Gasteiger charge is 2.18. The second-order valence-corrected chi connectivity index (χ2v) is 4.50. The van der Waals surface area contributed by atoms with Gasteiger partial charge in [0, 0.05) is 11.8 Å². The third-order valence-electron chi connectivity index (χ3n) is 3.26. The molecule has 114 valence electrons. The van der Waals surface area contributed by atoms with Crippen LogP contribution in [0.15, 0.2) is 35.5 Å². The van der Waals surface area contributed by atoms with E-state index >= 15 is 0 Å². The number of amidine groups is 1. The fourth-order valence-electron chi connectivity index (χ4n) is 2.20. The molecule has 0 spiro atoms. The van der Waals surface area contributed by atoms with Crippen LogP contribution in [0.3, 0.4) is 0 Å². The van der Waals surface area contributed by atoms with Crippen molar-refractivity contribution in [2.45, 2.75) is 0 Å². The Bertz CT molecular complexity index is 705. The number of rotatable bonds is 4. The molecule has 0 aliphatic carbocycles. The predicted molar refractivity (Wildman–Crippen MR) is 83.3 cm³/mol. The molecule has 0 atom stereocenters. The standard InChI is InChI=1S/C15H16N4O3/c1-20-11-7-9(8-12(21-2)13(11)22-3)14-17-10-5-4-6-16-15(10)19-18-14/h4-8H,1-3H3,(H,16,19)(H,17,18). The Hall–Kier alpha value is -2.96. The Morgan fingerprint density at radius 2 is 1.68 bits per heavy atom. The zero-order chi connectivity index (χ0) is 15.5. The van der Waals surface area contributed by atoms with Gasteiger partial charge in [-0.25, -0.2) is 9.98 Å². The predicted octanol–water partition coefficient (Wildman–Crippen LogP) is 2.12. The number of pyridine rings is 1. The van der Waals surface area contributed by atoms with Crippen molar-refractivity contribution in [2.24, 2.45) is 4.99 Å². The van der Waals surface area contributed by atoms with E-state index in [4.69, 9.17) is 14.2 Å². The first-order chi connectivity index (χ1) is 10.8. The summed E-state index contributed by atoms with van der Waals surface area (Å²) >= 11 is 0. The van der Waals surface area contributed by atoms with Gasteiger partial charge in [-0.1, -0.05) is 0 Å². The van der Waals surface area contributed by atoms with Gasteiger partial charge in [-0.2, -0.15) is 0 Å². The second-order valence-electron chi connectivity index (χ2n) is 4.50. The summed E-state index contributed by atoms with van der Waals surface area (Å²) in [5.74, 6) is 3.00. The number of benzene rings is 1. The Balaban J connectivity index is 2.08. The van der Waals surface area contributed by atoms with Crippen LogP contribution in [0.25, 0.3) is 0 Å². The van der Waals surface area contributed by atoms with Gasteiger partial charge in [0.2, 0.25) is 5.75 Å². The lowest BCUT2D eigenvalue weighted by Gasteiger charge is -2.20. The Labute approximate surface area is 127 Å². The molecule has 0 fully saturated rings. The maximum Gasteiger partial charge on any atom is 0.203 e. The lowest BCUT2D eigenvalue weighted by atomic mass is 10.1. The number of anilines is 1. The highest BCUT2D eigenvalue weighted by molar-refractivity contribution is 6.03. The average molecular weight is 300 g/mol. The SMILES string of the molecule is COc1cc(C2=Nc3cccnc3NN2)cc(OC)c1OC. The summed E-state index contributed by atoms with van der Waals surface area (Å²) < 4.78 is 16.0. The molecular weight excluding hydrogens is 284 g/mol. The van der Waals surface area contributed by atoms with Gasteiger partial charge in [0.15, 0.2) is 23.2 Å². The summed E-state index contributed by atoms with van der Waals surface area (Å²) in [6.45, 7) is 0. The number of ether oxygens (including phenoxy) is 3. The molecule has 1 aliphatic heterocycles. The van der Waals surface area contributed by atoms with Crippen molar-refractivity contribution in [1.82, 2.24) is 10.4 Å². The molecule has 3 rings (SSSR count). The number of hydrogen-bond donors (Lipinski definition) is 2. The van der Waals surface area contributed by atoms with E-state index in [-0.39, 0.29) is 0 Å². The first-order valence-corrected chi connectivity index (χ1v) is 6.63. The highest BCUT2D eigenvalue weighted by atomic mass is 16.5. The highest BCUT2D eigenvalue weighted by Crippen LogP contribution is 2.38. The minimum absolute atomic E-state index is 0.542. The maximum atomic E-state index is 5.36. The first-order valence-electron chi connectivity index (χ1n) is 6.63. The van der Waals surface area contributed by atoms with E-state index in [1.165, 1.54) is 0 Å². The van der Waals surface area contributed by atoms with Crippen LogP contribution in [-0.2, 0) is 0 Å². The largest absolute Gasteiger partial charge is 0.493 e. The molecule has 0 bridgehead atoms. The molecule has 7 nitrogen and oxygen atoms in total. The van der Waals surface area contributed by atoms with E-state index in [0.717, 1.165) is 11.3 Å². The molecule has 1 aromatic carbocycles. The monoisotopic (exact) mass is 300 g/mol. The molecule has 1 aliphatic rings. The molecule has 1 aromatic heterocycles. The fourth-order valence-corrected chi connectivity index (χ4v) is 2.20. The van der Waals surface area contributed by atoms with Gasteiger partial charge in [0.1, 0.15) is 5.69 Å². The van der Waals surface area contributed by atoms with Gasteiger partial charge in [-0.05, 0) is 24.3 Å². The molecule has 0 saturated heterocycles. The maximum absolute atomic E-state index is 5.36. The number of methoxy groups -OCH3 is 3. The van der Waals surface area contributed by atoms with Gasteiger partial charge in [0.05, 0.1) is 21.3 Å². The van der Waals surface area contributed by atoms with E-state index in [1.807, 2.05) is 24.3 Å². The third-order valence-corrected chi connectivity index (χ3v) is 3.26. The van der Waals surface area contributed by atoms with Crippen molar-refractivity contribution in [3.8, 4) is 17.2 Å². The van der Waals surface area contributed by atoms with Crippen LogP contribution >= 0.6 is 0 Å². The minimum atomic E-state index is 0.542. The number of nitrogens with one attached hydrogen (secondary N) is 2. The molecule has 0 unspecified atom stereocenters. The summed E-state index contributed by atoms with van der Waals surface area (Å²) in [5, 5.41) is 0. The second kappa shape index (κ2) is 5.80. The van der Waals surface area contributed by atoms with Crippen LogP contribution in [-0.4, -0.2) is 32.1 Å². The van der Waals surface area contributed by atoms with Crippen molar-refractivity contribution in [3.63, 3.8) is 0 Å². The Morgan fingerprint density at radius 1 is 0.955 bits per heavy atom. The number of hydrazine groups is 1. The molecular formula is C15H16N4O3. The number of fused-ring (bicyclic) bond motifs is 1. The Morgan fingerprint density at radius 3 is 2.32 bits per heavy atom. The van der Waals surface area contributed by atoms with Crippen molar-refractivity contribution in [1.29, 1.82) is 0 Å². The smallest absolute Gasteiger partial charge is 0.203 e. The van der Waals surface area contributed by atoms with Crippen LogP contribution in [0.1, 0.15) is 5.56 Å². The lowest BCUT2D eigenvalue weighted by Crippen LogP contribution is -2.33. The van der Waals surface area contributed by atoms with Gasteiger partial charge in [-0.3, -0.25) is 10.9 Å². The van der Waals surface area contributed by atoms with Gasteiger partial charge >= 0.3 is 0 Å². The number of nitrogens with zero attached hydrogens (tertiary/aromatic N) is 2. The summed E-state index contributed by atoms with van der Waals surface area (Å²) in [6.07, 6.45) is 1.70. The van der Waals surface area contributed by atoms with Crippen LogP contribution in [0.4, 0.5) is 11.5 Å². The van der Waals surface area contributed by atoms with Crippen molar-refractivity contribution in [3.05, 3.63) is 36.0 Å². The molecule has 0 amide bonds. The van der Waals surface area contributed by atoms with Crippen LogP contribution in [0, 0.1) is 0 Å². The Kier molecular flexibility index (Phi) is 3.69. The normalized spacial score (nSPS) is 12.4. The zero-order valence-corrected chi connectivity index (χ0v) is 12.5. The molecule has 0 saturated carbocycles. The van der Waals surface area contributed by atoms with Crippen LogP contribution < -0.4 is 25.1 Å². The number of aromatic nitrogens is 1. The number of aliphatic imine (C=N–C) groups is 1. The van der Waals surface area contributed by atoms with Crippen LogP contribution in [0.5, 0.6) is 17.2 Å². The minimum Gasteiger partial charge on any atom is -0.493 e. The molecule has 7 heteroatoms.